The highest BCUT2D eigenvalue weighted by Crippen LogP contribution is 2.38. The van der Waals surface area contributed by atoms with E-state index in [0.717, 1.165) is 42.4 Å². The van der Waals surface area contributed by atoms with Gasteiger partial charge in [-0.1, -0.05) is 0 Å². The predicted molar refractivity (Wildman–Crippen MR) is 117 cm³/mol. The van der Waals surface area contributed by atoms with Gasteiger partial charge in [-0.25, -0.2) is 4.79 Å². The zero-order valence-corrected chi connectivity index (χ0v) is 19.0. The number of amides is 2. The number of carbonyl (C=O) groups is 2. The van der Waals surface area contributed by atoms with Gasteiger partial charge < -0.3 is 23.7 Å². The van der Waals surface area contributed by atoms with Crippen LogP contribution in [0.4, 0.5) is 4.79 Å². The maximum atomic E-state index is 13.1. The molecule has 2 aliphatic heterocycles. The van der Waals surface area contributed by atoms with Crippen molar-refractivity contribution < 1.29 is 23.5 Å². The van der Waals surface area contributed by atoms with E-state index >= 15 is 0 Å². The second-order valence-corrected chi connectivity index (χ2v) is 9.70. The Labute approximate surface area is 183 Å². The molecule has 2 aliphatic rings. The van der Waals surface area contributed by atoms with E-state index in [0.29, 0.717) is 5.58 Å². The molecule has 2 unspecified atom stereocenters. The Hall–Kier alpha value is -2.70. The van der Waals surface area contributed by atoms with Crippen LogP contribution in [0, 0.1) is 0 Å². The van der Waals surface area contributed by atoms with E-state index in [4.69, 9.17) is 13.9 Å². The lowest BCUT2D eigenvalue weighted by Gasteiger charge is -2.42. The van der Waals surface area contributed by atoms with E-state index in [1.165, 1.54) is 0 Å². The van der Waals surface area contributed by atoms with Gasteiger partial charge in [0.25, 0.3) is 0 Å². The number of likely N-dealkylation sites (N-methyl/N-ethyl adjacent to an activating group) is 1. The number of hydrogen-bond acceptors (Lipinski definition) is 5. The van der Waals surface area contributed by atoms with Gasteiger partial charge in [0.1, 0.15) is 16.9 Å². The summed E-state index contributed by atoms with van der Waals surface area (Å²) in [6, 6.07) is 6.03. The topological polar surface area (TPSA) is 72.2 Å². The van der Waals surface area contributed by atoms with E-state index in [9.17, 15) is 9.59 Å². The monoisotopic (exact) mass is 428 g/mol. The SMILES string of the molecule is COc1ccc2c(CC(=O)N(C)C3CC4CCC(C3)N4C(=O)OC(C)(C)C)coc2c1. The van der Waals surface area contributed by atoms with Crippen molar-refractivity contribution in [1.82, 2.24) is 9.80 Å². The van der Waals surface area contributed by atoms with E-state index in [1.54, 1.807) is 13.4 Å². The molecule has 0 radical (unpaired) electrons. The van der Waals surface area contributed by atoms with Gasteiger partial charge in [-0.3, -0.25) is 4.79 Å². The minimum absolute atomic E-state index is 0.0636. The number of rotatable bonds is 4. The first-order valence-corrected chi connectivity index (χ1v) is 11.0. The van der Waals surface area contributed by atoms with Crippen molar-refractivity contribution in [2.45, 2.75) is 76.6 Å². The molecule has 2 aromatic rings. The first kappa shape index (κ1) is 21.5. The molecule has 2 saturated heterocycles. The van der Waals surface area contributed by atoms with E-state index in [2.05, 4.69) is 0 Å². The van der Waals surface area contributed by atoms with Crippen molar-refractivity contribution in [1.29, 1.82) is 0 Å². The third kappa shape index (κ3) is 4.36. The molecule has 31 heavy (non-hydrogen) atoms. The Kier molecular flexibility index (Phi) is 5.62. The lowest BCUT2D eigenvalue weighted by Crippen LogP contribution is -2.54. The Morgan fingerprint density at radius 3 is 2.48 bits per heavy atom. The molecule has 0 aliphatic carbocycles. The molecular weight excluding hydrogens is 396 g/mol. The van der Waals surface area contributed by atoms with Crippen LogP contribution in [0.15, 0.2) is 28.9 Å². The fraction of sp³-hybridized carbons (Fsp3) is 0.583. The highest BCUT2D eigenvalue weighted by molar-refractivity contribution is 5.88. The number of carbonyl (C=O) groups excluding carboxylic acids is 2. The molecule has 0 spiro atoms. The quantitative estimate of drug-likeness (QED) is 0.723. The average Bonchev–Trinajstić information content (AvgIpc) is 3.23. The molecule has 0 saturated carbocycles. The summed E-state index contributed by atoms with van der Waals surface area (Å²) in [6.45, 7) is 5.67. The Morgan fingerprint density at radius 1 is 1.19 bits per heavy atom. The maximum absolute atomic E-state index is 13.1. The van der Waals surface area contributed by atoms with Gasteiger partial charge in [0.05, 0.1) is 19.8 Å². The Balaban J connectivity index is 1.41. The third-order valence-corrected chi connectivity index (χ3v) is 6.46. The number of hydrogen-bond donors (Lipinski definition) is 0. The van der Waals surface area contributed by atoms with Crippen LogP contribution in [-0.2, 0) is 16.0 Å². The summed E-state index contributed by atoms with van der Waals surface area (Å²) < 4.78 is 16.5. The second kappa shape index (κ2) is 8.09. The van der Waals surface area contributed by atoms with Crippen molar-refractivity contribution in [2.75, 3.05) is 14.2 Å². The molecule has 0 N–H and O–H groups in total. The number of furan rings is 1. The van der Waals surface area contributed by atoms with Gasteiger partial charge in [0, 0.05) is 42.2 Å². The minimum Gasteiger partial charge on any atom is -0.497 e. The predicted octanol–water partition coefficient (Wildman–Crippen LogP) is 4.37. The molecule has 2 atom stereocenters. The van der Waals surface area contributed by atoms with Crippen LogP contribution in [-0.4, -0.2) is 59.7 Å². The van der Waals surface area contributed by atoms with E-state index in [-0.39, 0.29) is 36.5 Å². The Morgan fingerprint density at radius 2 is 1.87 bits per heavy atom. The van der Waals surface area contributed by atoms with Crippen LogP contribution in [0.1, 0.15) is 52.0 Å². The molecule has 7 nitrogen and oxygen atoms in total. The lowest BCUT2D eigenvalue weighted by atomic mass is 9.96. The van der Waals surface area contributed by atoms with Gasteiger partial charge >= 0.3 is 6.09 Å². The van der Waals surface area contributed by atoms with Crippen LogP contribution >= 0.6 is 0 Å². The summed E-state index contributed by atoms with van der Waals surface area (Å²) in [5.74, 6) is 0.790. The van der Waals surface area contributed by atoms with Crippen molar-refractivity contribution >= 4 is 23.0 Å². The normalized spacial score (nSPS) is 23.1. The second-order valence-electron chi connectivity index (χ2n) is 9.70. The molecule has 2 bridgehead atoms. The van der Waals surface area contributed by atoms with Crippen LogP contribution in [0.3, 0.4) is 0 Å². The summed E-state index contributed by atoms with van der Waals surface area (Å²) in [4.78, 5) is 29.5. The number of benzene rings is 1. The van der Waals surface area contributed by atoms with Crippen LogP contribution in [0.5, 0.6) is 5.75 Å². The number of piperidine rings is 1. The summed E-state index contributed by atoms with van der Waals surface area (Å²) in [5.41, 5.74) is 1.09. The molecule has 2 amide bonds. The summed E-state index contributed by atoms with van der Waals surface area (Å²) in [6.07, 6.45) is 5.24. The molecule has 1 aromatic heterocycles. The van der Waals surface area contributed by atoms with Gasteiger partial charge in [0.2, 0.25) is 5.91 Å². The van der Waals surface area contributed by atoms with Crippen LogP contribution in [0.25, 0.3) is 11.0 Å². The fourth-order valence-corrected chi connectivity index (χ4v) is 4.90. The number of fused-ring (bicyclic) bond motifs is 3. The standard InChI is InChI=1S/C24H32N2O5/c1-24(2,3)31-23(28)26-16-6-7-17(26)12-18(11-16)25(4)22(27)10-15-14-30-21-13-19(29-5)8-9-20(15)21/h8-9,13-14,16-18H,6-7,10-12H2,1-5H3. The van der Waals surface area contributed by atoms with Crippen molar-refractivity contribution in [3.8, 4) is 5.75 Å². The van der Waals surface area contributed by atoms with Gasteiger partial charge in [0.15, 0.2) is 0 Å². The summed E-state index contributed by atoms with van der Waals surface area (Å²) >= 11 is 0. The zero-order valence-electron chi connectivity index (χ0n) is 19.0. The minimum atomic E-state index is -0.502. The molecule has 1 aromatic carbocycles. The van der Waals surface area contributed by atoms with Gasteiger partial charge in [-0.05, 0) is 58.6 Å². The van der Waals surface area contributed by atoms with E-state index < -0.39 is 5.60 Å². The highest BCUT2D eigenvalue weighted by Gasteiger charge is 2.46. The maximum Gasteiger partial charge on any atom is 0.410 e. The van der Waals surface area contributed by atoms with Crippen molar-refractivity contribution in [3.05, 3.63) is 30.0 Å². The first-order chi connectivity index (χ1) is 14.7. The summed E-state index contributed by atoms with van der Waals surface area (Å²) in [5, 5.41) is 0.933. The van der Waals surface area contributed by atoms with Crippen LogP contribution in [0.2, 0.25) is 0 Å². The Bertz CT molecular complexity index is 962. The number of ether oxygens (including phenoxy) is 2. The zero-order chi connectivity index (χ0) is 22.3. The molecule has 7 heteroatoms. The number of nitrogens with zero attached hydrogens (tertiary/aromatic N) is 2. The van der Waals surface area contributed by atoms with Gasteiger partial charge in [-0.2, -0.15) is 0 Å². The fourth-order valence-electron chi connectivity index (χ4n) is 4.90. The molecule has 168 valence electrons. The molecule has 4 rings (SSSR count). The molecular formula is C24H32N2O5. The van der Waals surface area contributed by atoms with Gasteiger partial charge in [-0.15, -0.1) is 0 Å². The van der Waals surface area contributed by atoms with Crippen LogP contribution < -0.4 is 4.74 Å². The summed E-state index contributed by atoms with van der Waals surface area (Å²) in [7, 11) is 3.49. The third-order valence-electron chi connectivity index (χ3n) is 6.46. The average molecular weight is 429 g/mol. The number of methoxy groups -OCH3 is 1. The first-order valence-electron chi connectivity index (χ1n) is 11.0. The smallest absolute Gasteiger partial charge is 0.410 e. The van der Waals surface area contributed by atoms with Crippen molar-refractivity contribution in [3.63, 3.8) is 0 Å². The molecule has 2 fully saturated rings. The highest BCUT2D eigenvalue weighted by atomic mass is 16.6. The van der Waals surface area contributed by atoms with E-state index in [1.807, 2.05) is 55.8 Å². The lowest BCUT2D eigenvalue weighted by molar-refractivity contribution is -0.132. The largest absolute Gasteiger partial charge is 0.497 e. The van der Waals surface area contributed by atoms with Crippen molar-refractivity contribution in [2.24, 2.45) is 0 Å². The molecule has 3 heterocycles.